The number of ether oxygens (including phenoxy) is 1. The quantitative estimate of drug-likeness (QED) is 0.608. The highest BCUT2D eigenvalue weighted by Gasteiger charge is 2.09. The molecule has 0 aromatic carbocycles. The van der Waals surface area contributed by atoms with Gasteiger partial charge in [0.2, 0.25) is 5.95 Å². The average Bonchev–Trinajstić information content (AvgIpc) is 3.19. The van der Waals surface area contributed by atoms with E-state index in [0.717, 1.165) is 24.0 Å². The summed E-state index contributed by atoms with van der Waals surface area (Å²) in [7, 11) is 0. The Labute approximate surface area is 159 Å². The van der Waals surface area contributed by atoms with Gasteiger partial charge in [0.1, 0.15) is 12.2 Å². The fraction of sp³-hybridized carbons (Fsp3) is 0.474. The molecule has 0 aliphatic carbocycles. The summed E-state index contributed by atoms with van der Waals surface area (Å²) >= 11 is 0. The van der Waals surface area contributed by atoms with E-state index in [1.54, 1.807) is 25.5 Å². The van der Waals surface area contributed by atoms with Crippen LogP contribution >= 0.6 is 0 Å². The molecular weight excluding hydrogens is 344 g/mol. The van der Waals surface area contributed by atoms with E-state index in [-0.39, 0.29) is 19.9 Å². The van der Waals surface area contributed by atoms with E-state index < -0.39 is 0 Å². The summed E-state index contributed by atoms with van der Waals surface area (Å²) in [5.74, 6) is 0.817. The second-order valence-corrected chi connectivity index (χ2v) is 6.52. The number of nitrogens with one attached hydrogen (secondary N) is 1. The van der Waals surface area contributed by atoms with Crippen LogP contribution in [0.3, 0.4) is 0 Å². The Bertz CT molecular complexity index is 883. The number of anilines is 2. The Hall–Kier alpha value is -2.90. The van der Waals surface area contributed by atoms with Gasteiger partial charge in [-0.05, 0) is 25.3 Å². The van der Waals surface area contributed by atoms with Crippen LogP contribution in [0.5, 0.6) is 0 Å². The van der Waals surface area contributed by atoms with Crippen molar-refractivity contribution in [2.75, 3.05) is 11.9 Å². The van der Waals surface area contributed by atoms with E-state index >= 15 is 0 Å². The highest BCUT2D eigenvalue weighted by Crippen LogP contribution is 2.18. The number of fused-ring (bicyclic) bond motifs is 1. The minimum absolute atomic E-state index is 0. The second kappa shape index (κ2) is 9.16. The molecule has 1 N–H and O–H groups in total. The standard InChI is InChI=1S/C18H24N6O2.CH4/c1-4-26-16(25)12-24-11-15(10-20-24)21-18-19-9-14-6-8-23(17(14)22-18)7-5-13(2)3;/h6,8-11,13H,4-5,7,12H2,1-3H3,(H,19,21,22);1H4. The van der Waals surface area contributed by atoms with Crippen molar-refractivity contribution in [3.8, 4) is 0 Å². The third-order valence-corrected chi connectivity index (χ3v) is 3.94. The lowest BCUT2D eigenvalue weighted by molar-refractivity contribution is -0.144. The summed E-state index contributed by atoms with van der Waals surface area (Å²) in [6.07, 6.45) is 8.30. The van der Waals surface area contributed by atoms with E-state index in [2.05, 4.69) is 38.8 Å². The van der Waals surface area contributed by atoms with Crippen molar-refractivity contribution >= 4 is 28.6 Å². The molecule has 3 heterocycles. The molecule has 27 heavy (non-hydrogen) atoms. The van der Waals surface area contributed by atoms with E-state index in [1.165, 1.54) is 4.68 Å². The largest absolute Gasteiger partial charge is 0.465 e. The summed E-state index contributed by atoms with van der Waals surface area (Å²) in [5, 5.41) is 8.29. The van der Waals surface area contributed by atoms with Crippen molar-refractivity contribution in [2.45, 2.75) is 47.7 Å². The normalized spacial score (nSPS) is 10.8. The molecule has 0 aliphatic heterocycles. The van der Waals surface area contributed by atoms with Crippen molar-refractivity contribution in [3.63, 3.8) is 0 Å². The second-order valence-electron chi connectivity index (χ2n) is 6.52. The predicted molar refractivity (Wildman–Crippen MR) is 106 cm³/mol. The number of nitrogens with zero attached hydrogens (tertiary/aromatic N) is 5. The molecule has 0 aliphatic rings. The van der Waals surface area contributed by atoms with Crippen molar-refractivity contribution in [3.05, 3.63) is 30.9 Å². The summed E-state index contributed by atoms with van der Waals surface area (Å²) < 4.78 is 8.58. The summed E-state index contributed by atoms with van der Waals surface area (Å²) in [5.41, 5.74) is 1.62. The molecule has 0 atom stereocenters. The first-order valence-corrected chi connectivity index (χ1v) is 8.82. The molecule has 0 unspecified atom stereocenters. The number of hydrogen-bond donors (Lipinski definition) is 1. The van der Waals surface area contributed by atoms with Gasteiger partial charge in [0.15, 0.2) is 0 Å². The SMILES string of the molecule is C.CCOC(=O)Cn1cc(Nc2ncc3ccn(CCC(C)C)c3n2)cn1. The van der Waals surface area contributed by atoms with E-state index in [4.69, 9.17) is 4.74 Å². The molecular formula is C19H28N6O2. The van der Waals surface area contributed by atoms with Gasteiger partial charge in [-0.1, -0.05) is 21.3 Å². The van der Waals surface area contributed by atoms with Crippen LogP contribution < -0.4 is 5.32 Å². The molecule has 8 heteroatoms. The molecule has 3 aromatic heterocycles. The van der Waals surface area contributed by atoms with Gasteiger partial charge in [-0.15, -0.1) is 0 Å². The topological polar surface area (TPSA) is 86.9 Å². The van der Waals surface area contributed by atoms with Crippen LogP contribution in [0, 0.1) is 5.92 Å². The lowest BCUT2D eigenvalue weighted by Gasteiger charge is -2.08. The number of hydrogen-bond acceptors (Lipinski definition) is 6. The first kappa shape index (κ1) is 20.4. The third kappa shape index (κ3) is 5.29. The lowest BCUT2D eigenvalue weighted by Crippen LogP contribution is -2.13. The van der Waals surface area contributed by atoms with Crippen LogP contribution in [0.2, 0.25) is 0 Å². The Kier molecular flexibility index (Phi) is 6.92. The van der Waals surface area contributed by atoms with Crippen LogP contribution in [0.15, 0.2) is 30.9 Å². The van der Waals surface area contributed by atoms with Gasteiger partial charge in [-0.2, -0.15) is 10.1 Å². The fourth-order valence-corrected chi connectivity index (χ4v) is 2.59. The van der Waals surface area contributed by atoms with Gasteiger partial charge in [0.05, 0.1) is 18.5 Å². The van der Waals surface area contributed by atoms with Crippen molar-refractivity contribution in [2.24, 2.45) is 5.92 Å². The van der Waals surface area contributed by atoms with E-state index in [0.29, 0.717) is 24.2 Å². The zero-order valence-electron chi connectivity index (χ0n) is 15.3. The van der Waals surface area contributed by atoms with Gasteiger partial charge in [0, 0.05) is 30.5 Å². The predicted octanol–water partition coefficient (Wildman–Crippen LogP) is 3.62. The smallest absolute Gasteiger partial charge is 0.327 e. The highest BCUT2D eigenvalue weighted by molar-refractivity contribution is 5.76. The Morgan fingerprint density at radius 3 is 2.89 bits per heavy atom. The highest BCUT2D eigenvalue weighted by atomic mass is 16.5. The van der Waals surface area contributed by atoms with Gasteiger partial charge in [-0.3, -0.25) is 9.48 Å². The first-order chi connectivity index (χ1) is 12.5. The van der Waals surface area contributed by atoms with Crippen LogP contribution in [0.25, 0.3) is 11.0 Å². The minimum Gasteiger partial charge on any atom is -0.465 e. The zero-order chi connectivity index (χ0) is 18.5. The molecule has 0 saturated carbocycles. The van der Waals surface area contributed by atoms with E-state index in [1.807, 2.05) is 12.3 Å². The number of aryl methyl sites for hydroxylation is 1. The summed E-state index contributed by atoms with van der Waals surface area (Å²) in [6.45, 7) is 7.56. The lowest BCUT2D eigenvalue weighted by atomic mass is 10.1. The monoisotopic (exact) mass is 372 g/mol. The molecule has 0 fully saturated rings. The zero-order valence-corrected chi connectivity index (χ0v) is 15.3. The number of esters is 1. The molecule has 3 aromatic rings. The Balaban J connectivity index is 0.00000261. The fourth-order valence-electron chi connectivity index (χ4n) is 2.59. The maximum atomic E-state index is 11.5. The molecule has 146 valence electrons. The van der Waals surface area contributed by atoms with Crippen molar-refractivity contribution in [1.82, 2.24) is 24.3 Å². The Morgan fingerprint density at radius 1 is 1.33 bits per heavy atom. The molecule has 8 nitrogen and oxygen atoms in total. The molecule has 0 radical (unpaired) electrons. The van der Waals surface area contributed by atoms with Crippen molar-refractivity contribution < 1.29 is 9.53 Å². The molecule has 3 rings (SSSR count). The third-order valence-electron chi connectivity index (χ3n) is 3.94. The maximum absolute atomic E-state index is 11.5. The van der Waals surface area contributed by atoms with Gasteiger partial charge in [-0.25, -0.2) is 4.98 Å². The van der Waals surface area contributed by atoms with Gasteiger partial charge in [0.25, 0.3) is 0 Å². The average molecular weight is 372 g/mol. The summed E-state index contributed by atoms with van der Waals surface area (Å²) in [6, 6.07) is 2.02. The number of carbonyl (C=O) groups excluding carboxylic acids is 1. The van der Waals surface area contributed by atoms with Crippen LogP contribution in [0.1, 0.15) is 34.6 Å². The van der Waals surface area contributed by atoms with Crippen LogP contribution in [-0.2, 0) is 22.6 Å². The number of rotatable bonds is 8. The van der Waals surface area contributed by atoms with Crippen LogP contribution in [0.4, 0.5) is 11.6 Å². The minimum atomic E-state index is -0.317. The number of aromatic nitrogens is 5. The van der Waals surface area contributed by atoms with Gasteiger partial charge < -0.3 is 14.6 Å². The molecule has 0 spiro atoms. The first-order valence-electron chi connectivity index (χ1n) is 8.82. The molecule has 0 saturated heterocycles. The van der Waals surface area contributed by atoms with Crippen molar-refractivity contribution in [1.29, 1.82) is 0 Å². The summed E-state index contributed by atoms with van der Waals surface area (Å²) in [4.78, 5) is 20.5. The molecule has 0 bridgehead atoms. The number of carbonyl (C=O) groups is 1. The Morgan fingerprint density at radius 2 is 2.15 bits per heavy atom. The maximum Gasteiger partial charge on any atom is 0.327 e. The van der Waals surface area contributed by atoms with Crippen LogP contribution in [-0.4, -0.2) is 36.9 Å². The van der Waals surface area contributed by atoms with E-state index in [9.17, 15) is 4.79 Å². The molecule has 0 amide bonds. The van der Waals surface area contributed by atoms with Gasteiger partial charge >= 0.3 is 5.97 Å².